The summed E-state index contributed by atoms with van der Waals surface area (Å²) in [4.78, 5) is 53.7. The summed E-state index contributed by atoms with van der Waals surface area (Å²) in [6, 6.07) is -2.17. The topological polar surface area (TPSA) is 134 Å². The normalized spacial score (nSPS) is 26.8. The van der Waals surface area contributed by atoms with E-state index in [0.717, 1.165) is 19.3 Å². The van der Waals surface area contributed by atoms with Crippen LogP contribution in [0.5, 0.6) is 0 Å². The van der Waals surface area contributed by atoms with Crippen molar-refractivity contribution in [2.24, 2.45) is 34.3 Å². The van der Waals surface area contributed by atoms with E-state index < -0.39 is 35.0 Å². The minimum Gasteiger partial charge on any atom is -0.370 e. The van der Waals surface area contributed by atoms with Gasteiger partial charge in [-0.25, -0.2) is 4.79 Å². The highest BCUT2D eigenvalue weighted by atomic mass is 16.2. The van der Waals surface area contributed by atoms with Crippen molar-refractivity contribution >= 4 is 23.8 Å². The Bertz CT molecular complexity index is 884. The molecule has 3 rings (SSSR count). The number of piperidine rings is 1. The minimum atomic E-state index is -0.799. The van der Waals surface area contributed by atoms with Crippen molar-refractivity contribution in [2.45, 2.75) is 111 Å². The lowest BCUT2D eigenvalue weighted by atomic mass is 9.80. The number of rotatable bonds is 8. The molecule has 0 aromatic rings. The number of nitrogens with zero attached hydrogens (tertiary/aromatic N) is 1. The third kappa shape index (κ3) is 6.32. The number of fused-ring (bicyclic) bond motifs is 1. The van der Waals surface area contributed by atoms with E-state index in [-0.39, 0.29) is 41.5 Å². The number of urea groups is 1. The van der Waals surface area contributed by atoms with Crippen LogP contribution >= 0.6 is 0 Å². The Morgan fingerprint density at radius 3 is 2.11 bits per heavy atom. The Hall–Kier alpha value is -2.32. The molecule has 5 N–H and O–H groups in total. The maximum absolute atomic E-state index is 13.9. The summed E-state index contributed by atoms with van der Waals surface area (Å²) in [6.45, 7) is 16.1. The summed E-state index contributed by atoms with van der Waals surface area (Å²) in [6.07, 6.45) is 4.21. The third-order valence-electron chi connectivity index (χ3n) is 8.27. The highest BCUT2D eigenvalue weighted by molar-refractivity contribution is 5.94. The highest BCUT2D eigenvalue weighted by Gasteiger charge is 2.69. The molecule has 3 fully saturated rings. The average molecular weight is 506 g/mol. The van der Waals surface area contributed by atoms with Gasteiger partial charge in [0, 0.05) is 24.5 Å². The summed E-state index contributed by atoms with van der Waals surface area (Å²) in [7, 11) is 0. The molecule has 0 bridgehead atoms. The molecular formula is C27H47N5O4. The van der Waals surface area contributed by atoms with E-state index in [2.05, 4.69) is 29.8 Å². The van der Waals surface area contributed by atoms with Gasteiger partial charge in [-0.1, -0.05) is 53.9 Å². The third-order valence-corrected chi connectivity index (χ3v) is 8.27. The van der Waals surface area contributed by atoms with Gasteiger partial charge in [0.2, 0.25) is 17.7 Å². The molecule has 204 valence electrons. The van der Waals surface area contributed by atoms with Crippen LogP contribution in [-0.2, 0) is 14.4 Å². The summed E-state index contributed by atoms with van der Waals surface area (Å²) in [5, 5.41) is 8.82. The number of nitrogens with one attached hydrogen (secondary N) is 3. The second-order valence-electron chi connectivity index (χ2n) is 13.9. The van der Waals surface area contributed by atoms with Crippen molar-refractivity contribution in [2.75, 3.05) is 6.54 Å². The van der Waals surface area contributed by atoms with Gasteiger partial charge in [-0.05, 0) is 55.8 Å². The molecular weight excluding hydrogens is 458 g/mol. The molecule has 3 unspecified atom stereocenters. The molecule has 1 saturated heterocycles. The van der Waals surface area contributed by atoms with Crippen molar-refractivity contribution in [1.29, 1.82) is 0 Å². The van der Waals surface area contributed by atoms with Gasteiger partial charge >= 0.3 is 6.03 Å². The largest absolute Gasteiger partial charge is 0.370 e. The number of nitrogens with two attached hydrogens (primary N) is 1. The second-order valence-corrected chi connectivity index (χ2v) is 13.9. The van der Waals surface area contributed by atoms with Crippen molar-refractivity contribution in [3.63, 3.8) is 0 Å². The van der Waals surface area contributed by atoms with Crippen LogP contribution in [0, 0.1) is 28.6 Å². The number of carbonyl (C=O) groups is 4. The van der Waals surface area contributed by atoms with Crippen LogP contribution in [0.15, 0.2) is 0 Å². The Kier molecular flexibility index (Phi) is 7.74. The van der Waals surface area contributed by atoms with E-state index in [9.17, 15) is 19.2 Å². The number of amides is 5. The van der Waals surface area contributed by atoms with E-state index in [4.69, 9.17) is 5.73 Å². The van der Waals surface area contributed by atoms with Gasteiger partial charge in [0.15, 0.2) is 0 Å². The summed E-state index contributed by atoms with van der Waals surface area (Å²) in [5.74, 6) is -0.146. The van der Waals surface area contributed by atoms with E-state index in [0.29, 0.717) is 12.5 Å². The van der Waals surface area contributed by atoms with Gasteiger partial charge in [0.05, 0.1) is 0 Å². The molecule has 1 aliphatic heterocycles. The van der Waals surface area contributed by atoms with Gasteiger partial charge in [0.25, 0.3) is 0 Å². The minimum absolute atomic E-state index is 0.0415. The fraction of sp³-hybridized carbons (Fsp3) is 0.852. The Balaban J connectivity index is 1.80. The zero-order valence-electron chi connectivity index (χ0n) is 23.4. The predicted octanol–water partition coefficient (Wildman–Crippen LogP) is 2.53. The van der Waals surface area contributed by atoms with Gasteiger partial charge in [-0.2, -0.15) is 0 Å². The van der Waals surface area contributed by atoms with E-state index in [1.807, 2.05) is 41.5 Å². The lowest BCUT2D eigenvalue weighted by Gasteiger charge is -2.38. The van der Waals surface area contributed by atoms with Crippen LogP contribution in [0.4, 0.5) is 4.79 Å². The summed E-state index contributed by atoms with van der Waals surface area (Å²) >= 11 is 0. The molecule has 1 heterocycles. The average Bonchev–Trinajstić information content (AvgIpc) is 3.02. The van der Waals surface area contributed by atoms with Gasteiger partial charge < -0.3 is 26.6 Å². The van der Waals surface area contributed by atoms with Crippen LogP contribution < -0.4 is 21.7 Å². The standard InChI is InChI=1S/C27H47N5O4/c1-25(2,3)21(30-24(36)31-26(4,5)6)23(35)32-14-17-19(27(17,7)8)20(32)22(34)29-16(13-18(28)33)12-15-10-9-11-15/h15-17,19-21H,9-14H2,1-8H3,(H2,28,33)(H,29,34)(H2,30,31,36)/t16?,17?,19?,20-,21+/m0/s1. The van der Waals surface area contributed by atoms with Crippen LogP contribution in [0.2, 0.25) is 0 Å². The zero-order chi connectivity index (χ0) is 27.2. The molecule has 0 aromatic carbocycles. The van der Waals surface area contributed by atoms with E-state index >= 15 is 0 Å². The first-order valence-electron chi connectivity index (χ1n) is 13.4. The second kappa shape index (κ2) is 9.86. The maximum Gasteiger partial charge on any atom is 0.315 e. The van der Waals surface area contributed by atoms with Crippen molar-refractivity contribution in [1.82, 2.24) is 20.9 Å². The molecule has 0 radical (unpaired) electrons. The lowest BCUT2D eigenvalue weighted by Crippen LogP contribution is -2.61. The molecule has 0 spiro atoms. The van der Waals surface area contributed by atoms with Crippen molar-refractivity contribution < 1.29 is 19.2 Å². The van der Waals surface area contributed by atoms with Gasteiger partial charge in [0.1, 0.15) is 12.1 Å². The van der Waals surface area contributed by atoms with Gasteiger partial charge in [-0.15, -0.1) is 0 Å². The molecule has 9 nitrogen and oxygen atoms in total. The molecule has 5 atom stereocenters. The number of hydrogen-bond donors (Lipinski definition) is 4. The van der Waals surface area contributed by atoms with Crippen molar-refractivity contribution in [3.05, 3.63) is 0 Å². The monoisotopic (exact) mass is 505 g/mol. The Morgan fingerprint density at radius 1 is 1.03 bits per heavy atom. The molecule has 9 heteroatoms. The number of carbonyl (C=O) groups excluding carboxylic acids is 4. The molecule has 2 aliphatic carbocycles. The molecule has 5 amide bonds. The Morgan fingerprint density at radius 2 is 1.64 bits per heavy atom. The van der Waals surface area contributed by atoms with Crippen molar-refractivity contribution in [3.8, 4) is 0 Å². The Labute approximate surface area is 216 Å². The van der Waals surface area contributed by atoms with E-state index in [1.54, 1.807) is 4.90 Å². The molecule has 36 heavy (non-hydrogen) atoms. The summed E-state index contributed by atoms with van der Waals surface area (Å²) in [5.41, 5.74) is 4.43. The van der Waals surface area contributed by atoms with Crippen LogP contribution in [0.25, 0.3) is 0 Å². The fourth-order valence-corrected chi connectivity index (χ4v) is 5.99. The predicted molar refractivity (Wildman–Crippen MR) is 139 cm³/mol. The lowest BCUT2D eigenvalue weighted by molar-refractivity contribution is -0.144. The SMILES string of the molecule is CC(C)(C)NC(=O)N[C@H](C(=O)N1CC2C([C@H]1C(=O)NC(CC(N)=O)CC1CCC1)C2(C)C)C(C)(C)C. The molecule has 3 aliphatic rings. The molecule has 0 aromatic heterocycles. The number of likely N-dealkylation sites (tertiary alicyclic amines) is 1. The first-order chi connectivity index (χ1) is 16.4. The summed E-state index contributed by atoms with van der Waals surface area (Å²) < 4.78 is 0. The van der Waals surface area contributed by atoms with Crippen LogP contribution in [-0.4, -0.2) is 58.9 Å². The van der Waals surface area contributed by atoms with Crippen LogP contribution in [0.3, 0.4) is 0 Å². The molecule has 2 saturated carbocycles. The maximum atomic E-state index is 13.9. The first-order valence-corrected chi connectivity index (χ1v) is 13.4. The number of primary amides is 1. The van der Waals surface area contributed by atoms with Crippen LogP contribution in [0.1, 0.15) is 87.5 Å². The first kappa shape index (κ1) is 28.3. The quantitative estimate of drug-likeness (QED) is 0.403. The van der Waals surface area contributed by atoms with Gasteiger partial charge in [-0.3, -0.25) is 14.4 Å². The zero-order valence-corrected chi connectivity index (χ0v) is 23.4. The smallest absolute Gasteiger partial charge is 0.315 e. The number of hydrogen-bond acceptors (Lipinski definition) is 4. The van der Waals surface area contributed by atoms with E-state index in [1.165, 1.54) is 6.42 Å². The fourth-order valence-electron chi connectivity index (χ4n) is 5.99. The highest BCUT2D eigenvalue weighted by Crippen LogP contribution is 2.65.